The Morgan fingerprint density at radius 3 is 1.53 bits per heavy atom. The van der Waals surface area contributed by atoms with E-state index in [2.05, 4.69) is 11.8 Å². The molecule has 0 radical (unpaired) electrons. The predicted octanol–water partition coefficient (Wildman–Crippen LogP) is 4.55. The van der Waals surface area contributed by atoms with Crippen LogP contribution in [0.25, 0.3) is 0 Å². The molecule has 0 aromatic heterocycles. The zero-order chi connectivity index (χ0) is 25.2. The third-order valence-electron chi connectivity index (χ3n) is 4.57. The normalized spacial score (nSPS) is 12.8. The standard InChI is InChI=1S/C24H35ClO7/c1-10-12-22(5,6)19(26)29-14-24(9,15-30-20(27)23(7,8)13-11-2)16-31-21(28)32-18(25)17(3)4/h1-2,17-18H,12-16H2,3-9H3. The Bertz CT molecular complexity index is 696. The summed E-state index contributed by atoms with van der Waals surface area (Å²) < 4.78 is 21.0. The van der Waals surface area contributed by atoms with Gasteiger partial charge in [-0.25, -0.2) is 4.79 Å². The van der Waals surface area contributed by atoms with Crippen LogP contribution in [0.3, 0.4) is 0 Å². The second-order valence-corrected chi connectivity index (χ2v) is 10.2. The fourth-order valence-corrected chi connectivity index (χ4v) is 2.22. The Hall–Kier alpha value is -2.38. The van der Waals surface area contributed by atoms with Crippen molar-refractivity contribution in [3.05, 3.63) is 0 Å². The molecule has 0 N–H and O–H groups in total. The highest BCUT2D eigenvalue weighted by molar-refractivity contribution is 6.20. The van der Waals surface area contributed by atoms with Crippen LogP contribution < -0.4 is 0 Å². The second kappa shape index (κ2) is 12.6. The van der Waals surface area contributed by atoms with E-state index < -0.39 is 39.9 Å². The monoisotopic (exact) mass is 470 g/mol. The Kier molecular flexibility index (Phi) is 11.7. The molecular weight excluding hydrogens is 436 g/mol. The molecule has 0 saturated carbocycles. The summed E-state index contributed by atoms with van der Waals surface area (Å²) in [6.07, 6.45) is 10.0. The number of carbonyl (C=O) groups excluding carboxylic acids is 3. The summed E-state index contributed by atoms with van der Waals surface area (Å²) in [7, 11) is 0. The van der Waals surface area contributed by atoms with E-state index in [1.807, 2.05) is 0 Å². The van der Waals surface area contributed by atoms with Gasteiger partial charge in [0.1, 0.15) is 19.8 Å². The molecule has 0 aromatic carbocycles. The van der Waals surface area contributed by atoms with Crippen LogP contribution in [0, 0.1) is 46.9 Å². The predicted molar refractivity (Wildman–Crippen MR) is 121 cm³/mol. The summed E-state index contributed by atoms with van der Waals surface area (Å²) >= 11 is 5.93. The van der Waals surface area contributed by atoms with Gasteiger partial charge in [0.15, 0.2) is 5.56 Å². The van der Waals surface area contributed by atoms with E-state index in [9.17, 15) is 14.4 Å². The first-order valence-corrected chi connectivity index (χ1v) is 10.7. The molecule has 0 aromatic rings. The smallest absolute Gasteiger partial charge is 0.464 e. The fraction of sp³-hybridized carbons (Fsp3) is 0.708. The molecule has 0 amide bonds. The van der Waals surface area contributed by atoms with E-state index in [1.165, 1.54) is 0 Å². The minimum atomic E-state index is -1.05. The lowest BCUT2D eigenvalue weighted by molar-refractivity contribution is -0.166. The fourth-order valence-electron chi connectivity index (χ4n) is 2.15. The molecule has 7 nitrogen and oxygen atoms in total. The van der Waals surface area contributed by atoms with Gasteiger partial charge in [-0.3, -0.25) is 9.59 Å². The van der Waals surface area contributed by atoms with Crippen LogP contribution in [-0.2, 0) is 28.5 Å². The molecule has 8 heteroatoms. The lowest BCUT2D eigenvalue weighted by Gasteiger charge is -2.31. The van der Waals surface area contributed by atoms with Crippen LogP contribution >= 0.6 is 11.6 Å². The molecule has 0 saturated heterocycles. The lowest BCUT2D eigenvalue weighted by atomic mass is 9.89. The highest BCUT2D eigenvalue weighted by atomic mass is 35.5. The van der Waals surface area contributed by atoms with Gasteiger partial charge in [-0.05, 0) is 34.6 Å². The highest BCUT2D eigenvalue weighted by Gasteiger charge is 2.37. The van der Waals surface area contributed by atoms with Gasteiger partial charge in [-0.1, -0.05) is 25.4 Å². The maximum atomic E-state index is 12.4. The van der Waals surface area contributed by atoms with Crippen LogP contribution in [0.2, 0.25) is 0 Å². The first kappa shape index (κ1) is 29.6. The highest BCUT2D eigenvalue weighted by Crippen LogP contribution is 2.27. The summed E-state index contributed by atoms with van der Waals surface area (Å²) in [5.41, 5.74) is -3.71. The number of hydrogen-bond acceptors (Lipinski definition) is 7. The van der Waals surface area contributed by atoms with Crippen LogP contribution in [0.4, 0.5) is 4.79 Å². The Balaban J connectivity index is 5.29. The molecule has 0 aliphatic carbocycles. The van der Waals surface area contributed by atoms with Gasteiger partial charge in [0.05, 0.1) is 16.2 Å². The van der Waals surface area contributed by atoms with Crippen LogP contribution in [0.1, 0.15) is 61.3 Å². The number of hydrogen-bond donors (Lipinski definition) is 0. The van der Waals surface area contributed by atoms with Crippen LogP contribution in [0.5, 0.6) is 0 Å². The first-order valence-electron chi connectivity index (χ1n) is 10.3. The molecule has 180 valence electrons. The summed E-state index contributed by atoms with van der Waals surface area (Å²) in [6.45, 7) is 11.2. The largest absolute Gasteiger partial charge is 0.509 e. The van der Waals surface area contributed by atoms with Crippen molar-refractivity contribution in [2.24, 2.45) is 22.2 Å². The Labute approximate surface area is 196 Å². The van der Waals surface area contributed by atoms with Gasteiger partial charge < -0.3 is 18.9 Å². The van der Waals surface area contributed by atoms with E-state index in [-0.39, 0.29) is 38.6 Å². The van der Waals surface area contributed by atoms with Gasteiger partial charge in [0, 0.05) is 18.8 Å². The number of ether oxygens (including phenoxy) is 4. The van der Waals surface area contributed by atoms with Crippen molar-refractivity contribution in [1.29, 1.82) is 0 Å². The van der Waals surface area contributed by atoms with Crippen molar-refractivity contribution in [2.75, 3.05) is 19.8 Å². The van der Waals surface area contributed by atoms with Gasteiger partial charge >= 0.3 is 18.1 Å². The van der Waals surface area contributed by atoms with Crippen molar-refractivity contribution >= 4 is 29.7 Å². The first-order chi connectivity index (χ1) is 14.6. The maximum absolute atomic E-state index is 12.4. The van der Waals surface area contributed by atoms with Crippen molar-refractivity contribution in [3.8, 4) is 24.7 Å². The van der Waals surface area contributed by atoms with E-state index in [0.717, 1.165) is 0 Å². The maximum Gasteiger partial charge on any atom is 0.509 e. The molecule has 0 fully saturated rings. The Morgan fingerprint density at radius 1 is 0.812 bits per heavy atom. The van der Waals surface area contributed by atoms with Gasteiger partial charge in [-0.2, -0.15) is 0 Å². The molecule has 0 aliphatic heterocycles. The second-order valence-electron chi connectivity index (χ2n) is 9.74. The molecule has 32 heavy (non-hydrogen) atoms. The molecule has 1 atom stereocenters. The number of carbonyl (C=O) groups is 3. The number of esters is 2. The average Bonchev–Trinajstić information content (AvgIpc) is 2.68. The van der Waals surface area contributed by atoms with Crippen LogP contribution in [0.15, 0.2) is 0 Å². The zero-order valence-corrected chi connectivity index (χ0v) is 20.8. The average molecular weight is 471 g/mol. The Morgan fingerprint density at radius 2 is 1.19 bits per heavy atom. The third kappa shape index (κ3) is 10.3. The molecular formula is C24H35ClO7. The van der Waals surface area contributed by atoms with E-state index in [4.69, 9.17) is 43.4 Å². The zero-order valence-electron chi connectivity index (χ0n) is 20.1. The third-order valence-corrected chi connectivity index (χ3v) is 5.16. The molecule has 0 rings (SSSR count). The lowest BCUT2D eigenvalue weighted by Crippen LogP contribution is -2.40. The quantitative estimate of drug-likeness (QED) is 0.179. The molecule has 0 spiro atoms. The molecule has 1 unspecified atom stereocenters. The van der Waals surface area contributed by atoms with E-state index in [0.29, 0.717) is 0 Å². The topological polar surface area (TPSA) is 88.1 Å². The van der Waals surface area contributed by atoms with Gasteiger partial charge in [-0.15, -0.1) is 24.7 Å². The summed E-state index contributed by atoms with van der Waals surface area (Å²) in [5.74, 6) is 3.71. The van der Waals surface area contributed by atoms with E-state index in [1.54, 1.807) is 48.5 Å². The van der Waals surface area contributed by atoms with E-state index >= 15 is 0 Å². The summed E-state index contributed by atoms with van der Waals surface area (Å²) in [5, 5.41) is 0. The molecule has 0 bridgehead atoms. The van der Waals surface area contributed by atoms with Crippen molar-refractivity contribution in [2.45, 2.75) is 66.9 Å². The molecule has 0 aliphatic rings. The van der Waals surface area contributed by atoms with Crippen molar-refractivity contribution in [1.82, 2.24) is 0 Å². The summed E-state index contributed by atoms with van der Waals surface area (Å²) in [4.78, 5) is 36.9. The number of rotatable bonds is 12. The number of halogens is 1. The minimum absolute atomic E-state index is 0.116. The molecule has 0 heterocycles. The van der Waals surface area contributed by atoms with Crippen molar-refractivity contribution < 1.29 is 33.3 Å². The van der Waals surface area contributed by atoms with Gasteiger partial charge in [0.25, 0.3) is 0 Å². The number of alkyl halides is 1. The SMILES string of the molecule is C#CCC(C)(C)C(=O)OCC(C)(COC(=O)OC(Cl)C(C)C)COC(=O)C(C)(C)CC#C. The van der Waals surface area contributed by atoms with Crippen molar-refractivity contribution in [3.63, 3.8) is 0 Å². The number of terminal acetylenes is 2. The van der Waals surface area contributed by atoms with Crippen LogP contribution in [-0.4, -0.2) is 43.5 Å². The minimum Gasteiger partial charge on any atom is -0.464 e. The summed E-state index contributed by atoms with van der Waals surface area (Å²) in [6, 6.07) is 0. The van der Waals surface area contributed by atoms with Gasteiger partial charge in [0.2, 0.25) is 0 Å².